The van der Waals surface area contributed by atoms with Gasteiger partial charge in [-0.05, 0) is 43.5 Å². The molecule has 2 rings (SSSR count). The third-order valence-corrected chi connectivity index (χ3v) is 7.28. The lowest BCUT2D eigenvalue weighted by molar-refractivity contribution is -0.140. The average Bonchev–Trinajstić information content (AvgIpc) is 3.04. The van der Waals surface area contributed by atoms with E-state index in [0.29, 0.717) is 12.8 Å². The first-order valence-corrected chi connectivity index (χ1v) is 11.1. The summed E-state index contributed by atoms with van der Waals surface area (Å²) in [4.78, 5) is 11.1. The molecule has 0 bridgehead atoms. The number of anilines is 1. The molecule has 0 unspecified atom stereocenters. The number of nitrogens with one attached hydrogen (secondary N) is 1. The Hall–Kier alpha value is -1.65. The van der Waals surface area contributed by atoms with E-state index >= 15 is 0 Å². The van der Waals surface area contributed by atoms with Gasteiger partial charge in [0.05, 0.1) is 10.6 Å². The van der Waals surface area contributed by atoms with Crippen LogP contribution in [0.15, 0.2) is 29.2 Å². The summed E-state index contributed by atoms with van der Waals surface area (Å²) in [5, 5.41) is 9.15. The molecule has 1 aromatic rings. The summed E-state index contributed by atoms with van der Waals surface area (Å²) in [6.45, 7) is 2.04. The normalized spacial score (nSPS) is 19.0. The molecule has 0 saturated carbocycles. The predicted molar refractivity (Wildman–Crippen MR) is 93.3 cm³/mol. The van der Waals surface area contributed by atoms with Gasteiger partial charge < -0.3 is 5.11 Å². The first kappa shape index (κ1) is 19.7. The summed E-state index contributed by atoms with van der Waals surface area (Å²) < 4.78 is 52.3. The van der Waals surface area contributed by atoms with Crippen LogP contribution in [0.25, 0.3) is 0 Å². The van der Waals surface area contributed by atoms with Crippen molar-refractivity contribution in [2.75, 3.05) is 17.0 Å². The number of benzene rings is 1. The van der Waals surface area contributed by atoms with Crippen molar-refractivity contribution in [3.05, 3.63) is 24.3 Å². The minimum atomic E-state index is -3.93. The molecule has 1 atom stereocenters. The highest BCUT2D eigenvalue weighted by Crippen LogP contribution is 2.27. The first-order valence-electron chi connectivity index (χ1n) is 8.02. The van der Waals surface area contributed by atoms with Gasteiger partial charge in [0, 0.05) is 12.2 Å². The Labute approximate surface area is 147 Å². The predicted octanol–water partition coefficient (Wildman–Crippen LogP) is 1.47. The van der Waals surface area contributed by atoms with Crippen LogP contribution in [-0.4, -0.2) is 50.6 Å². The topological polar surface area (TPSA) is 121 Å². The molecule has 1 aliphatic rings. The van der Waals surface area contributed by atoms with Gasteiger partial charge in [-0.25, -0.2) is 16.8 Å². The summed E-state index contributed by atoms with van der Waals surface area (Å²) in [6.07, 6.45) is 2.06. The van der Waals surface area contributed by atoms with Gasteiger partial charge in [-0.2, -0.15) is 4.31 Å². The van der Waals surface area contributed by atoms with Gasteiger partial charge in [0.25, 0.3) is 0 Å². The molecule has 1 aromatic carbocycles. The molecule has 0 radical (unpaired) electrons. The van der Waals surface area contributed by atoms with Gasteiger partial charge in [0.15, 0.2) is 0 Å². The number of unbranched alkanes of at least 4 members (excludes halogenated alkanes) is 1. The van der Waals surface area contributed by atoms with Crippen molar-refractivity contribution in [3.63, 3.8) is 0 Å². The minimum Gasteiger partial charge on any atom is -0.480 e. The highest BCUT2D eigenvalue weighted by atomic mass is 32.2. The van der Waals surface area contributed by atoms with Crippen molar-refractivity contribution in [2.45, 2.75) is 43.5 Å². The third kappa shape index (κ3) is 4.71. The van der Waals surface area contributed by atoms with E-state index in [0.717, 1.165) is 10.7 Å². The van der Waals surface area contributed by atoms with Crippen molar-refractivity contribution in [1.29, 1.82) is 0 Å². The largest absolute Gasteiger partial charge is 0.480 e. The molecular formula is C15H22N2O6S2. The maximum Gasteiger partial charge on any atom is 0.322 e. The summed E-state index contributed by atoms with van der Waals surface area (Å²) in [5.41, 5.74) is 0.270. The number of carboxylic acid groups (broad SMARTS) is 1. The van der Waals surface area contributed by atoms with Gasteiger partial charge in [0.2, 0.25) is 20.0 Å². The van der Waals surface area contributed by atoms with Crippen molar-refractivity contribution < 1.29 is 26.7 Å². The molecule has 25 heavy (non-hydrogen) atoms. The van der Waals surface area contributed by atoms with E-state index in [1.807, 2.05) is 6.92 Å². The zero-order valence-corrected chi connectivity index (χ0v) is 15.5. The van der Waals surface area contributed by atoms with Crippen LogP contribution in [0.2, 0.25) is 0 Å². The van der Waals surface area contributed by atoms with Crippen LogP contribution < -0.4 is 4.72 Å². The molecule has 8 nitrogen and oxygen atoms in total. The molecule has 1 fully saturated rings. The Morgan fingerprint density at radius 1 is 1.24 bits per heavy atom. The highest BCUT2D eigenvalue weighted by molar-refractivity contribution is 7.92. The number of rotatable bonds is 8. The number of aliphatic carboxylic acids is 1. The maximum absolute atomic E-state index is 12.6. The van der Waals surface area contributed by atoms with Crippen molar-refractivity contribution in [3.8, 4) is 0 Å². The Morgan fingerprint density at radius 2 is 1.88 bits per heavy atom. The molecule has 10 heteroatoms. The van der Waals surface area contributed by atoms with E-state index in [-0.39, 0.29) is 29.3 Å². The van der Waals surface area contributed by atoms with Gasteiger partial charge in [-0.3, -0.25) is 9.52 Å². The van der Waals surface area contributed by atoms with Crippen LogP contribution in [0.1, 0.15) is 32.6 Å². The fourth-order valence-corrected chi connectivity index (χ4v) is 5.59. The molecule has 2 N–H and O–H groups in total. The zero-order chi connectivity index (χ0) is 18.7. The Kier molecular flexibility index (Phi) is 6.07. The smallest absolute Gasteiger partial charge is 0.322 e. The Morgan fingerprint density at radius 3 is 2.44 bits per heavy atom. The number of hydrogen-bond donors (Lipinski definition) is 2. The molecule has 1 saturated heterocycles. The van der Waals surface area contributed by atoms with Gasteiger partial charge >= 0.3 is 5.97 Å². The van der Waals surface area contributed by atoms with E-state index in [2.05, 4.69) is 4.72 Å². The van der Waals surface area contributed by atoms with E-state index < -0.39 is 32.1 Å². The fraction of sp³-hybridized carbons (Fsp3) is 0.533. The van der Waals surface area contributed by atoms with Gasteiger partial charge in [-0.15, -0.1) is 0 Å². The Balaban J connectivity index is 2.17. The summed E-state index contributed by atoms with van der Waals surface area (Å²) >= 11 is 0. The maximum atomic E-state index is 12.6. The molecule has 0 amide bonds. The van der Waals surface area contributed by atoms with E-state index in [1.165, 1.54) is 24.3 Å². The SMILES string of the molecule is CCCCS(=O)(=O)Nc1ccc(S(=O)(=O)N2CCC[C@@H]2C(=O)O)cc1. The standard InChI is InChI=1S/C15H22N2O6S2/c1-2-3-11-24(20,21)16-12-6-8-13(9-7-12)25(22,23)17-10-4-5-14(17)15(18)19/h6-9,14,16H,2-5,10-11H2,1H3,(H,18,19)/t14-/m1/s1. The lowest BCUT2D eigenvalue weighted by Gasteiger charge is -2.21. The highest BCUT2D eigenvalue weighted by Gasteiger charge is 2.39. The molecule has 0 spiro atoms. The molecule has 0 aromatic heterocycles. The van der Waals surface area contributed by atoms with Gasteiger partial charge in [0.1, 0.15) is 6.04 Å². The van der Waals surface area contributed by atoms with Gasteiger partial charge in [-0.1, -0.05) is 13.3 Å². The quantitative estimate of drug-likeness (QED) is 0.693. The molecule has 1 aliphatic heterocycles. The molecule has 1 heterocycles. The second-order valence-electron chi connectivity index (χ2n) is 5.91. The van der Waals surface area contributed by atoms with E-state index in [1.54, 1.807) is 0 Å². The average molecular weight is 390 g/mol. The number of carbonyl (C=O) groups is 1. The molecule has 0 aliphatic carbocycles. The monoisotopic (exact) mass is 390 g/mol. The molecule has 140 valence electrons. The second kappa shape index (κ2) is 7.71. The number of sulfonamides is 2. The van der Waals surface area contributed by atoms with Crippen LogP contribution in [0, 0.1) is 0 Å². The van der Waals surface area contributed by atoms with E-state index in [9.17, 15) is 21.6 Å². The van der Waals surface area contributed by atoms with Crippen LogP contribution in [-0.2, 0) is 24.8 Å². The van der Waals surface area contributed by atoms with Crippen molar-refractivity contribution >= 4 is 31.7 Å². The summed E-state index contributed by atoms with van der Waals surface area (Å²) in [6, 6.07) is 4.23. The fourth-order valence-electron chi connectivity index (χ4n) is 2.67. The van der Waals surface area contributed by atoms with Crippen LogP contribution >= 0.6 is 0 Å². The first-order chi connectivity index (χ1) is 11.7. The summed E-state index contributed by atoms with van der Waals surface area (Å²) in [5.74, 6) is -1.17. The van der Waals surface area contributed by atoms with Crippen molar-refractivity contribution in [1.82, 2.24) is 4.31 Å². The minimum absolute atomic E-state index is 0.00236. The zero-order valence-electron chi connectivity index (χ0n) is 13.9. The lowest BCUT2D eigenvalue weighted by atomic mass is 10.2. The van der Waals surface area contributed by atoms with E-state index in [4.69, 9.17) is 5.11 Å². The number of nitrogens with zero attached hydrogens (tertiary/aromatic N) is 1. The Bertz CT molecular complexity index is 818. The van der Waals surface area contributed by atoms with Crippen LogP contribution in [0.4, 0.5) is 5.69 Å². The second-order valence-corrected chi connectivity index (χ2v) is 9.64. The summed E-state index contributed by atoms with van der Waals surface area (Å²) in [7, 11) is -7.40. The van der Waals surface area contributed by atoms with Crippen molar-refractivity contribution in [2.24, 2.45) is 0 Å². The lowest BCUT2D eigenvalue weighted by Crippen LogP contribution is -2.40. The third-order valence-electron chi connectivity index (χ3n) is 3.99. The van der Waals surface area contributed by atoms with Crippen LogP contribution in [0.3, 0.4) is 0 Å². The molecular weight excluding hydrogens is 368 g/mol. The van der Waals surface area contributed by atoms with Crippen LogP contribution in [0.5, 0.6) is 0 Å². The number of carboxylic acids is 1. The number of hydrogen-bond acceptors (Lipinski definition) is 5.